The molecule has 1 heterocycles. The fourth-order valence-electron chi connectivity index (χ4n) is 5.61. The molecular weight excluding hydrogens is 374 g/mol. The minimum absolute atomic E-state index is 0.711. The summed E-state index contributed by atoms with van der Waals surface area (Å²) >= 11 is 0. The molecule has 0 spiro atoms. The van der Waals surface area contributed by atoms with Crippen LogP contribution in [0.3, 0.4) is 0 Å². The third-order valence-electron chi connectivity index (χ3n) is 7.27. The number of benzene rings is 4. The summed E-state index contributed by atoms with van der Waals surface area (Å²) in [5.74, 6) is 1.48. The van der Waals surface area contributed by atoms with Gasteiger partial charge < -0.3 is 4.57 Å². The molecule has 4 aromatic carbocycles. The van der Waals surface area contributed by atoms with Gasteiger partial charge in [-0.3, -0.25) is 0 Å². The standard InChI is InChI=1S/C30H23N/c1-19-16-29-30(27-18-26(19)27)25-8-4-5-9-28(25)31(29)24-14-12-21(13-15-24)23-11-10-20-6-2-3-7-22(20)17-23/h2-17,26-27H,18H2,1H3. The van der Waals surface area contributed by atoms with E-state index in [4.69, 9.17) is 0 Å². The van der Waals surface area contributed by atoms with E-state index in [9.17, 15) is 0 Å². The molecular formula is C30H23N. The van der Waals surface area contributed by atoms with E-state index in [1.807, 2.05) is 0 Å². The highest BCUT2D eigenvalue weighted by Gasteiger charge is 2.45. The number of hydrogen-bond donors (Lipinski definition) is 0. The summed E-state index contributed by atoms with van der Waals surface area (Å²) < 4.78 is 2.47. The molecule has 1 aromatic heterocycles. The molecule has 0 amide bonds. The van der Waals surface area contributed by atoms with Gasteiger partial charge in [0.15, 0.2) is 0 Å². The molecule has 148 valence electrons. The van der Waals surface area contributed by atoms with Gasteiger partial charge in [-0.1, -0.05) is 72.3 Å². The minimum atomic E-state index is 0.711. The first kappa shape index (κ1) is 17.1. The van der Waals surface area contributed by atoms with Gasteiger partial charge in [-0.15, -0.1) is 0 Å². The third kappa shape index (κ3) is 2.50. The first-order valence-electron chi connectivity index (χ1n) is 11.2. The predicted molar refractivity (Wildman–Crippen MR) is 131 cm³/mol. The summed E-state index contributed by atoms with van der Waals surface area (Å²) in [4.78, 5) is 0. The molecule has 2 aliphatic rings. The lowest BCUT2D eigenvalue weighted by Crippen LogP contribution is -2.01. The number of para-hydroxylation sites is 1. The number of hydrogen-bond acceptors (Lipinski definition) is 0. The minimum Gasteiger partial charge on any atom is -0.310 e. The molecule has 7 rings (SSSR count). The Bertz CT molecular complexity index is 1510. The SMILES string of the molecule is CC1=Cc2c(c3ccccc3n2-c2ccc(-c3ccc4ccccc4c3)cc2)C2CC12. The summed E-state index contributed by atoms with van der Waals surface area (Å²) in [6.07, 6.45) is 3.74. The van der Waals surface area contributed by atoms with Gasteiger partial charge in [0, 0.05) is 11.1 Å². The third-order valence-corrected chi connectivity index (χ3v) is 7.27. The van der Waals surface area contributed by atoms with Crippen molar-refractivity contribution in [2.45, 2.75) is 19.3 Å². The van der Waals surface area contributed by atoms with Crippen molar-refractivity contribution >= 4 is 27.8 Å². The number of rotatable bonds is 2. The zero-order valence-electron chi connectivity index (χ0n) is 17.5. The lowest BCUT2D eigenvalue weighted by Gasteiger charge is -2.15. The van der Waals surface area contributed by atoms with Crippen LogP contribution in [0.2, 0.25) is 0 Å². The van der Waals surface area contributed by atoms with Gasteiger partial charge in [-0.25, -0.2) is 0 Å². The Morgan fingerprint density at radius 2 is 1.45 bits per heavy atom. The van der Waals surface area contributed by atoms with Crippen LogP contribution in [0.4, 0.5) is 0 Å². The Morgan fingerprint density at radius 1 is 0.710 bits per heavy atom. The monoisotopic (exact) mass is 397 g/mol. The van der Waals surface area contributed by atoms with Crippen LogP contribution in [0.25, 0.3) is 44.6 Å². The molecule has 0 bridgehead atoms. The Morgan fingerprint density at radius 3 is 2.32 bits per heavy atom. The molecule has 0 aliphatic heterocycles. The summed E-state index contributed by atoms with van der Waals surface area (Å²) in [6.45, 7) is 2.30. The van der Waals surface area contributed by atoms with E-state index < -0.39 is 0 Å². The van der Waals surface area contributed by atoms with Crippen molar-refractivity contribution in [3.8, 4) is 16.8 Å². The van der Waals surface area contributed by atoms with Crippen LogP contribution >= 0.6 is 0 Å². The van der Waals surface area contributed by atoms with Crippen molar-refractivity contribution in [1.82, 2.24) is 4.57 Å². The first-order chi connectivity index (χ1) is 15.3. The summed E-state index contributed by atoms with van der Waals surface area (Å²) in [6, 6.07) is 33.3. The highest BCUT2D eigenvalue weighted by Crippen LogP contribution is 2.58. The molecule has 31 heavy (non-hydrogen) atoms. The van der Waals surface area contributed by atoms with Gasteiger partial charge in [0.2, 0.25) is 0 Å². The molecule has 1 nitrogen and oxygen atoms in total. The Balaban J connectivity index is 1.37. The average Bonchev–Trinajstić information content (AvgIpc) is 3.56. The number of aromatic nitrogens is 1. The van der Waals surface area contributed by atoms with Crippen LogP contribution in [-0.4, -0.2) is 4.57 Å². The van der Waals surface area contributed by atoms with Gasteiger partial charge in [-0.2, -0.15) is 0 Å². The number of fused-ring (bicyclic) bond motifs is 6. The number of nitrogens with zero attached hydrogens (tertiary/aromatic N) is 1. The van der Waals surface area contributed by atoms with Crippen molar-refractivity contribution in [1.29, 1.82) is 0 Å². The highest BCUT2D eigenvalue weighted by molar-refractivity contribution is 5.93. The molecule has 1 heteroatoms. The van der Waals surface area contributed by atoms with Crippen molar-refractivity contribution in [3.05, 3.63) is 108 Å². The lowest BCUT2D eigenvalue weighted by molar-refractivity contribution is 0.918. The van der Waals surface area contributed by atoms with E-state index in [0.717, 1.165) is 5.92 Å². The fraction of sp³-hybridized carbons (Fsp3) is 0.133. The van der Waals surface area contributed by atoms with Crippen molar-refractivity contribution in [2.24, 2.45) is 5.92 Å². The molecule has 0 N–H and O–H groups in total. The summed E-state index contributed by atoms with van der Waals surface area (Å²) in [5.41, 5.74) is 9.57. The molecule has 1 saturated carbocycles. The van der Waals surface area contributed by atoms with Crippen molar-refractivity contribution < 1.29 is 0 Å². The van der Waals surface area contributed by atoms with Crippen molar-refractivity contribution in [3.63, 3.8) is 0 Å². The molecule has 5 aromatic rings. The highest BCUT2D eigenvalue weighted by atomic mass is 15.0. The largest absolute Gasteiger partial charge is 0.310 e. The van der Waals surface area contributed by atoms with Crippen LogP contribution in [0, 0.1) is 5.92 Å². The summed E-state index contributed by atoms with van der Waals surface area (Å²) in [5, 5.41) is 4.00. The number of allylic oxidation sites excluding steroid dienone is 1. The molecule has 0 saturated heterocycles. The molecule has 0 radical (unpaired) electrons. The van der Waals surface area contributed by atoms with E-state index in [1.165, 1.54) is 56.2 Å². The maximum absolute atomic E-state index is 2.47. The van der Waals surface area contributed by atoms with Crippen molar-refractivity contribution in [2.75, 3.05) is 0 Å². The van der Waals surface area contributed by atoms with Crippen LogP contribution in [0.5, 0.6) is 0 Å². The second-order valence-corrected chi connectivity index (χ2v) is 9.10. The van der Waals surface area contributed by atoms with Gasteiger partial charge in [-0.05, 0) is 83.0 Å². The normalized spacial score (nSPS) is 19.2. The zero-order valence-corrected chi connectivity index (χ0v) is 17.5. The average molecular weight is 398 g/mol. The van der Waals surface area contributed by atoms with Gasteiger partial charge >= 0.3 is 0 Å². The predicted octanol–water partition coefficient (Wildman–Crippen LogP) is 7.97. The van der Waals surface area contributed by atoms with Crippen LogP contribution in [0.15, 0.2) is 96.6 Å². The van der Waals surface area contributed by atoms with E-state index >= 15 is 0 Å². The van der Waals surface area contributed by atoms with E-state index in [2.05, 4.69) is 109 Å². The second kappa shape index (κ2) is 6.21. The topological polar surface area (TPSA) is 4.93 Å². The molecule has 1 fully saturated rings. The smallest absolute Gasteiger partial charge is 0.0537 e. The quantitative estimate of drug-likeness (QED) is 0.285. The maximum atomic E-state index is 2.47. The Kier molecular flexibility index (Phi) is 3.43. The second-order valence-electron chi connectivity index (χ2n) is 9.10. The summed E-state index contributed by atoms with van der Waals surface area (Å²) in [7, 11) is 0. The van der Waals surface area contributed by atoms with Crippen LogP contribution < -0.4 is 0 Å². The van der Waals surface area contributed by atoms with Crippen LogP contribution in [-0.2, 0) is 0 Å². The maximum Gasteiger partial charge on any atom is 0.0537 e. The molecule has 2 aliphatic carbocycles. The molecule has 2 unspecified atom stereocenters. The Hall–Kier alpha value is -3.58. The van der Waals surface area contributed by atoms with E-state index in [0.29, 0.717) is 5.92 Å². The van der Waals surface area contributed by atoms with Gasteiger partial charge in [0.05, 0.1) is 11.2 Å². The van der Waals surface area contributed by atoms with Crippen LogP contribution in [0.1, 0.15) is 30.5 Å². The van der Waals surface area contributed by atoms with Gasteiger partial charge in [0.25, 0.3) is 0 Å². The molecule has 2 atom stereocenters. The van der Waals surface area contributed by atoms with E-state index in [1.54, 1.807) is 5.56 Å². The fourth-order valence-corrected chi connectivity index (χ4v) is 5.61. The Labute approximate surface area is 182 Å². The van der Waals surface area contributed by atoms with E-state index in [-0.39, 0.29) is 0 Å². The first-order valence-corrected chi connectivity index (χ1v) is 11.2. The van der Waals surface area contributed by atoms with Gasteiger partial charge in [0.1, 0.15) is 0 Å². The zero-order chi connectivity index (χ0) is 20.5. The lowest BCUT2D eigenvalue weighted by atomic mass is 9.96.